The molecule has 3 aliphatic rings. The van der Waals surface area contributed by atoms with E-state index in [2.05, 4.69) is 0 Å². The first-order valence-corrected chi connectivity index (χ1v) is 9.80. The van der Waals surface area contributed by atoms with Gasteiger partial charge in [0.2, 0.25) is 5.91 Å². The molecule has 2 aromatic carbocycles. The van der Waals surface area contributed by atoms with Crippen molar-refractivity contribution in [2.75, 3.05) is 4.90 Å². The molecule has 5 heteroatoms. The second kappa shape index (κ2) is 5.66. The number of hydrogen-bond donors (Lipinski definition) is 1. The highest BCUT2D eigenvalue weighted by molar-refractivity contribution is 6.35. The summed E-state index contributed by atoms with van der Waals surface area (Å²) in [6, 6.07) is 14.6. The van der Waals surface area contributed by atoms with Crippen molar-refractivity contribution in [3.05, 3.63) is 64.7 Å². The molecule has 1 aliphatic heterocycles. The number of nitrogens with zero attached hydrogens (tertiary/aromatic N) is 1. The van der Waals surface area contributed by atoms with Crippen molar-refractivity contribution >= 4 is 29.0 Å². The molecular formula is C22H20ClNO3. The molecule has 0 aromatic heterocycles. The van der Waals surface area contributed by atoms with Crippen LogP contribution in [0.1, 0.15) is 42.9 Å². The van der Waals surface area contributed by atoms with Gasteiger partial charge in [-0.3, -0.25) is 14.5 Å². The summed E-state index contributed by atoms with van der Waals surface area (Å²) in [4.78, 5) is 29.1. The maximum absolute atomic E-state index is 13.9. The standard InChI is InChI=1S/C22H20ClNO3/c23-16-9-3-4-10-17(16)24-20(27)21(11-5-6-12-21)19(26)22(24)13-14-7-1-2-8-15(14)18(22)25/h1-4,7-10,18,25H,5-6,11-13H2/t18-,22+/m0/s1. The summed E-state index contributed by atoms with van der Waals surface area (Å²) >= 11 is 6.45. The summed E-state index contributed by atoms with van der Waals surface area (Å²) in [7, 11) is 0. The number of aliphatic hydroxyl groups is 1. The fraction of sp³-hybridized carbons (Fsp3) is 0.364. The summed E-state index contributed by atoms with van der Waals surface area (Å²) in [5.41, 5.74) is -0.185. The van der Waals surface area contributed by atoms with Crippen LogP contribution < -0.4 is 4.90 Å². The molecule has 0 radical (unpaired) electrons. The Morgan fingerprint density at radius 1 is 1.00 bits per heavy atom. The van der Waals surface area contributed by atoms with Crippen LogP contribution in [0.5, 0.6) is 0 Å². The Hall–Kier alpha value is -2.17. The monoisotopic (exact) mass is 381 g/mol. The number of para-hydroxylation sites is 1. The molecule has 4 nitrogen and oxygen atoms in total. The second-order valence-corrected chi connectivity index (χ2v) is 8.32. The number of carbonyl (C=O) groups is 2. The number of benzene rings is 2. The zero-order chi connectivity index (χ0) is 18.8. The van der Waals surface area contributed by atoms with Crippen molar-refractivity contribution in [3.8, 4) is 0 Å². The average molecular weight is 382 g/mol. The SMILES string of the molecule is O=C1N(c2ccccc2Cl)[C@@]2(Cc3ccccc3[C@@H]2O)C(=O)C12CCCC2. The van der Waals surface area contributed by atoms with E-state index in [1.807, 2.05) is 24.3 Å². The number of Topliss-reactive ketones (excluding diaryl/α,β-unsaturated/α-hetero) is 1. The molecule has 1 N–H and O–H groups in total. The van der Waals surface area contributed by atoms with E-state index in [0.29, 0.717) is 30.0 Å². The Labute approximate surface area is 162 Å². The Balaban J connectivity index is 1.76. The van der Waals surface area contributed by atoms with E-state index >= 15 is 0 Å². The Morgan fingerprint density at radius 3 is 2.37 bits per heavy atom. The van der Waals surface area contributed by atoms with Crippen LogP contribution >= 0.6 is 11.6 Å². The number of anilines is 1. The van der Waals surface area contributed by atoms with Gasteiger partial charge >= 0.3 is 0 Å². The van der Waals surface area contributed by atoms with Gasteiger partial charge in [-0.1, -0.05) is 60.8 Å². The van der Waals surface area contributed by atoms with E-state index < -0.39 is 17.1 Å². The third kappa shape index (κ3) is 1.97. The Bertz CT molecular complexity index is 966. The lowest BCUT2D eigenvalue weighted by atomic mass is 9.75. The number of fused-ring (bicyclic) bond motifs is 1. The van der Waals surface area contributed by atoms with Gasteiger partial charge in [0.15, 0.2) is 5.78 Å². The molecule has 2 fully saturated rings. The molecule has 2 atom stereocenters. The minimum atomic E-state index is -1.31. The third-order valence-electron chi connectivity index (χ3n) is 6.65. The number of rotatable bonds is 1. The van der Waals surface area contributed by atoms with Gasteiger partial charge in [-0.15, -0.1) is 0 Å². The zero-order valence-corrected chi connectivity index (χ0v) is 15.6. The number of aliphatic hydroxyl groups excluding tert-OH is 1. The third-order valence-corrected chi connectivity index (χ3v) is 6.97. The van der Waals surface area contributed by atoms with Crippen LogP contribution in [0.2, 0.25) is 5.02 Å². The van der Waals surface area contributed by atoms with E-state index in [9.17, 15) is 14.7 Å². The molecule has 0 bridgehead atoms. The lowest BCUT2D eigenvalue weighted by Gasteiger charge is -2.36. The Morgan fingerprint density at radius 2 is 1.67 bits per heavy atom. The zero-order valence-electron chi connectivity index (χ0n) is 14.8. The number of hydrogen-bond acceptors (Lipinski definition) is 3. The normalized spacial score (nSPS) is 28.5. The molecule has 27 heavy (non-hydrogen) atoms. The van der Waals surface area contributed by atoms with Crippen molar-refractivity contribution in [2.24, 2.45) is 5.41 Å². The molecular weight excluding hydrogens is 362 g/mol. The molecule has 2 spiro atoms. The lowest BCUT2D eigenvalue weighted by molar-refractivity contribution is -0.137. The van der Waals surface area contributed by atoms with Gasteiger partial charge in [-0.2, -0.15) is 0 Å². The maximum atomic E-state index is 13.9. The summed E-state index contributed by atoms with van der Waals surface area (Å²) in [6.07, 6.45) is 2.08. The lowest BCUT2D eigenvalue weighted by Crippen LogP contribution is -2.53. The van der Waals surface area contributed by atoms with Gasteiger partial charge in [0, 0.05) is 6.42 Å². The smallest absolute Gasteiger partial charge is 0.241 e. The van der Waals surface area contributed by atoms with E-state index in [0.717, 1.165) is 24.0 Å². The highest BCUT2D eigenvalue weighted by Gasteiger charge is 2.71. The van der Waals surface area contributed by atoms with Gasteiger partial charge in [0.05, 0.1) is 10.7 Å². The van der Waals surface area contributed by atoms with Crippen molar-refractivity contribution in [1.82, 2.24) is 0 Å². The molecule has 1 heterocycles. The van der Waals surface area contributed by atoms with E-state index in [1.54, 1.807) is 24.3 Å². The number of ketones is 1. The van der Waals surface area contributed by atoms with Gasteiger partial charge < -0.3 is 5.11 Å². The van der Waals surface area contributed by atoms with Crippen LogP contribution in [-0.4, -0.2) is 22.3 Å². The predicted octanol–water partition coefficient (Wildman–Crippen LogP) is 3.84. The fourth-order valence-corrected chi connectivity index (χ4v) is 5.62. The highest BCUT2D eigenvalue weighted by Crippen LogP contribution is 2.58. The average Bonchev–Trinajstić information content (AvgIpc) is 3.32. The predicted molar refractivity (Wildman–Crippen MR) is 103 cm³/mol. The molecule has 138 valence electrons. The molecule has 1 amide bonds. The van der Waals surface area contributed by atoms with Gasteiger partial charge in [0.25, 0.3) is 0 Å². The van der Waals surface area contributed by atoms with Gasteiger partial charge in [-0.05, 0) is 36.1 Å². The second-order valence-electron chi connectivity index (χ2n) is 7.91. The van der Waals surface area contributed by atoms with Crippen LogP contribution in [-0.2, 0) is 16.0 Å². The summed E-state index contributed by atoms with van der Waals surface area (Å²) in [6.45, 7) is 0. The van der Waals surface area contributed by atoms with Crippen molar-refractivity contribution in [1.29, 1.82) is 0 Å². The first-order chi connectivity index (χ1) is 13.0. The summed E-state index contributed by atoms with van der Waals surface area (Å²) < 4.78 is 0. The van der Waals surface area contributed by atoms with E-state index in [1.165, 1.54) is 4.90 Å². The minimum Gasteiger partial charge on any atom is -0.385 e. The fourth-order valence-electron chi connectivity index (χ4n) is 5.40. The van der Waals surface area contributed by atoms with Crippen molar-refractivity contribution < 1.29 is 14.7 Å². The maximum Gasteiger partial charge on any atom is 0.241 e. The molecule has 2 aromatic rings. The van der Waals surface area contributed by atoms with Crippen molar-refractivity contribution in [2.45, 2.75) is 43.7 Å². The number of carbonyl (C=O) groups excluding carboxylic acids is 2. The summed E-state index contributed by atoms with van der Waals surface area (Å²) in [5, 5.41) is 11.7. The van der Waals surface area contributed by atoms with Crippen LogP contribution in [0.3, 0.4) is 0 Å². The van der Waals surface area contributed by atoms with Crippen LogP contribution in [0.25, 0.3) is 0 Å². The van der Waals surface area contributed by atoms with Crippen LogP contribution in [0.4, 0.5) is 5.69 Å². The molecule has 5 rings (SSSR count). The largest absolute Gasteiger partial charge is 0.385 e. The molecule has 0 unspecified atom stereocenters. The quantitative estimate of drug-likeness (QED) is 0.763. The first kappa shape index (κ1) is 17.0. The summed E-state index contributed by atoms with van der Waals surface area (Å²) in [5.74, 6) is -0.342. The van der Waals surface area contributed by atoms with Crippen molar-refractivity contribution in [3.63, 3.8) is 0 Å². The molecule has 1 saturated carbocycles. The van der Waals surface area contributed by atoms with E-state index in [-0.39, 0.29) is 11.7 Å². The number of halogens is 1. The Kier molecular flexibility index (Phi) is 3.56. The number of amides is 1. The topological polar surface area (TPSA) is 57.6 Å². The highest BCUT2D eigenvalue weighted by atomic mass is 35.5. The molecule has 1 saturated heterocycles. The van der Waals surface area contributed by atoms with Gasteiger partial charge in [0.1, 0.15) is 17.1 Å². The first-order valence-electron chi connectivity index (χ1n) is 9.42. The minimum absolute atomic E-state index is 0.138. The van der Waals surface area contributed by atoms with Gasteiger partial charge in [-0.25, -0.2) is 0 Å². The van der Waals surface area contributed by atoms with E-state index in [4.69, 9.17) is 11.6 Å². The molecule has 2 aliphatic carbocycles. The van der Waals surface area contributed by atoms with Crippen LogP contribution in [0.15, 0.2) is 48.5 Å². The van der Waals surface area contributed by atoms with Crippen LogP contribution in [0, 0.1) is 5.41 Å².